The van der Waals surface area contributed by atoms with E-state index in [0.29, 0.717) is 25.7 Å². The Kier molecular flexibility index (Phi) is 16.4. The zero-order valence-electron chi connectivity index (χ0n) is 41.0. The van der Waals surface area contributed by atoms with Gasteiger partial charge in [0.25, 0.3) is 0 Å². The summed E-state index contributed by atoms with van der Waals surface area (Å²) in [6.45, 7) is 15.1. The van der Waals surface area contributed by atoms with Gasteiger partial charge in [-0.1, -0.05) is 53.2 Å². The van der Waals surface area contributed by atoms with Gasteiger partial charge < -0.3 is 94.8 Å². The lowest BCUT2D eigenvalue weighted by Crippen LogP contribution is -2.65. The molecule has 68 heavy (non-hydrogen) atoms. The maximum absolute atomic E-state index is 12.6. The zero-order valence-corrected chi connectivity index (χ0v) is 41.0. The number of aliphatic hydroxyl groups excluding tert-OH is 12. The summed E-state index contributed by atoms with van der Waals surface area (Å²) >= 11 is 0. The molecule has 3 heterocycles. The molecule has 25 atom stereocenters. The molecule has 3 saturated heterocycles. The molecule has 19 nitrogen and oxygen atoms in total. The summed E-state index contributed by atoms with van der Waals surface area (Å²) in [5, 5.41) is 139. The van der Waals surface area contributed by atoms with Gasteiger partial charge in [0.1, 0.15) is 67.1 Å². The van der Waals surface area contributed by atoms with Crippen molar-refractivity contribution in [2.75, 3.05) is 19.8 Å². The molecule has 7 aliphatic rings. The van der Waals surface area contributed by atoms with E-state index >= 15 is 0 Å². The number of rotatable bonds is 15. The highest BCUT2D eigenvalue weighted by molar-refractivity contribution is 5.32. The summed E-state index contributed by atoms with van der Waals surface area (Å²) in [5.41, 5.74) is -1.57. The number of hydrogen-bond acceptors (Lipinski definition) is 19. The third-order valence-corrected chi connectivity index (χ3v) is 18.9. The standard InChI is InChI=1S/C49H84O19/c1-22(9-13-32(46(4,5)62)68-44-41(61)38(58)35(55)28(66-44)21-63-42-39(59)37(57)34(54)27(20-51)65-42)23-15-17-47(6)29-12-10-24-25(49(29,8)30(52)19-48(23,47)7)11-14-31(45(24,2)3)67-43-40(60)36(56)33(53)26(64-43)16-18-50/h10,22-23,25-44,50-62H,9,11-21H2,1-8H3/t22-,23-,25-,26-,27-,28-,29+,30-,31+,32-,33-,34-,35-,36+,37+,38+,39-,40-,41-,42-,43+,44+,47+,48-,49+/m1/s1. The maximum atomic E-state index is 12.6. The Bertz CT molecular complexity index is 1730. The zero-order chi connectivity index (χ0) is 50.2. The molecule has 0 radical (unpaired) electrons. The average Bonchev–Trinajstić information content (AvgIpc) is 3.55. The van der Waals surface area contributed by atoms with Crippen molar-refractivity contribution in [1.29, 1.82) is 0 Å². The second kappa shape index (κ2) is 20.4. The van der Waals surface area contributed by atoms with Gasteiger partial charge in [-0.05, 0) is 106 Å². The van der Waals surface area contributed by atoms with E-state index in [0.717, 1.165) is 25.7 Å². The van der Waals surface area contributed by atoms with Crippen LogP contribution in [0.15, 0.2) is 11.6 Å². The van der Waals surface area contributed by atoms with E-state index in [1.807, 2.05) is 0 Å². The third-order valence-electron chi connectivity index (χ3n) is 18.9. The molecule has 6 fully saturated rings. The highest BCUT2D eigenvalue weighted by atomic mass is 16.7. The van der Waals surface area contributed by atoms with Crippen LogP contribution in [0, 0.1) is 45.3 Å². The fourth-order valence-electron chi connectivity index (χ4n) is 14.4. The summed E-state index contributed by atoms with van der Waals surface area (Å²) in [6.07, 6.45) is -16.1. The molecule has 4 aliphatic carbocycles. The molecule has 0 unspecified atom stereocenters. The molecule has 3 saturated carbocycles. The molecule has 7 rings (SSSR count). The van der Waals surface area contributed by atoms with Crippen molar-refractivity contribution in [3.63, 3.8) is 0 Å². The van der Waals surface area contributed by atoms with Gasteiger partial charge in [0.05, 0.1) is 43.2 Å². The Balaban J connectivity index is 1.01. The molecule has 0 aromatic heterocycles. The number of fused-ring (bicyclic) bond motifs is 5. The topological polar surface area (TPSA) is 318 Å². The van der Waals surface area contributed by atoms with Crippen LogP contribution in [-0.2, 0) is 28.4 Å². The van der Waals surface area contributed by atoms with Crippen LogP contribution >= 0.6 is 0 Å². The van der Waals surface area contributed by atoms with E-state index in [1.165, 1.54) is 5.57 Å². The second-order valence-electron chi connectivity index (χ2n) is 23.4. The highest BCUT2D eigenvalue weighted by Crippen LogP contribution is 2.75. The lowest BCUT2D eigenvalue weighted by Gasteiger charge is -2.67. The minimum absolute atomic E-state index is 0.0660. The smallest absolute Gasteiger partial charge is 0.187 e. The van der Waals surface area contributed by atoms with E-state index < -0.39 is 134 Å². The SMILES string of the molecule is C[C@H](CC[C@@H](O[C@@H]1O[C@H](CO[C@@H]2O[C@H](CO)[C@@H](O)[C@H](O)[C@H]2O)[C@@H](O)[C@H](O)[C@H]1O)C(C)(C)O)[C@H]1CC[C@@]2(C)[C@@H]3CC=C4[C@@H](CC[C@H](O[C@@H]5O[C@H](CCO)[C@@H](O)[C@H](O)[C@H]5O)C4(C)C)[C@]3(C)[C@H](O)C[C@]12C. The second-order valence-corrected chi connectivity index (χ2v) is 23.4. The minimum atomic E-state index is -1.75. The fourth-order valence-corrected chi connectivity index (χ4v) is 14.4. The van der Waals surface area contributed by atoms with Crippen molar-refractivity contribution >= 4 is 0 Å². The van der Waals surface area contributed by atoms with Crippen LogP contribution in [-0.4, -0.2) is 202 Å². The highest BCUT2D eigenvalue weighted by Gasteiger charge is 2.70. The molecular formula is C49H84O19. The Labute approximate surface area is 400 Å². The first-order chi connectivity index (χ1) is 31.7. The summed E-state index contributed by atoms with van der Waals surface area (Å²) in [4.78, 5) is 0. The summed E-state index contributed by atoms with van der Waals surface area (Å²) in [5.74, 6) is 0.560. The van der Waals surface area contributed by atoms with Crippen molar-refractivity contribution < 1.29 is 94.8 Å². The fraction of sp³-hybridized carbons (Fsp3) is 0.959. The van der Waals surface area contributed by atoms with Gasteiger partial charge in [0.15, 0.2) is 18.9 Å². The van der Waals surface area contributed by atoms with Crippen LogP contribution in [0.25, 0.3) is 0 Å². The quantitative estimate of drug-likeness (QED) is 0.0906. The van der Waals surface area contributed by atoms with Gasteiger partial charge in [-0.3, -0.25) is 0 Å². The Morgan fingerprint density at radius 1 is 0.691 bits per heavy atom. The molecule has 0 bridgehead atoms. The normalized spacial score (nSPS) is 50.4. The van der Waals surface area contributed by atoms with Crippen LogP contribution in [0.3, 0.4) is 0 Å². The third kappa shape index (κ3) is 9.43. The molecule has 19 heteroatoms. The summed E-state index contributed by atoms with van der Waals surface area (Å²) in [7, 11) is 0. The van der Waals surface area contributed by atoms with Crippen molar-refractivity contribution in [2.45, 2.75) is 229 Å². The van der Waals surface area contributed by atoms with E-state index in [4.69, 9.17) is 28.4 Å². The lowest BCUT2D eigenvalue weighted by atomic mass is 9.38. The first kappa shape index (κ1) is 54.7. The van der Waals surface area contributed by atoms with E-state index in [-0.39, 0.29) is 53.6 Å². The monoisotopic (exact) mass is 977 g/mol. The average molecular weight is 977 g/mol. The maximum Gasteiger partial charge on any atom is 0.187 e. The van der Waals surface area contributed by atoms with Crippen LogP contribution in [0.5, 0.6) is 0 Å². The Hall–Kier alpha value is -1.02. The van der Waals surface area contributed by atoms with Crippen LogP contribution < -0.4 is 0 Å². The van der Waals surface area contributed by atoms with Gasteiger partial charge in [-0.15, -0.1) is 0 Å². The van der Waals surface area contributed by atoms with E-state index in [9.17, 15) is 66.4 Å². The molecule has 0 amide bonds. The summed E-state index contributed by atoms with van der Waals surface area (Å²) < 4.78 is 35.6. The van der Waals surface area contributed by atoms with Gasteiger partial charge >= 0.3 is 0 Å². The number of ether oxygens (including phenoxy) is 6. The first-order valence-corrected chi connectivity index (χ1v) is 25.0. The largest absolute Gasteiger partial charge is 0.396 e. The molecule has 0 aromatic rings. The number of allylic oxidation sites excluding steroid dienone is 1. The van der Waals surface area contributed by atoms with Crippen molar-refractivity contribution in [2.24, 2.45) is 45.3 Å². The summed E-state index contributed by atoms with van der Waals surface area (Å²) in [6, 6.07) is 0. The van der Waals surface area contributed by atoms with Crippen LogP contribution in [0.4, 0.5) is 0 Å². The van der Waals surface area contributed by atoms with Crippen LogP contribution in [0.2, 0.25) is 0 Å². The van der Waals surface area contributed by atoms with Crippen molar-refractivity contribution in [3.8, 4) is 0 Å². The van der Waals surface area contributed by atoms with Crippen molar-refractivity contribution in [3.05, 3.63) is 11.6 Å². The Morgan fingerprint density at radius 3 is 1.88 bits per heavy atom. The minimum Gasteiger partial charge on any atom is -0.396 e. The van der Waals surface area contributed by atoms with E-state index in [2.05, 4.69) is 47.6 Å². The van der Waals surface area contributed by atoms with Crippen molar-refractivity contribution in [1.82, 2.24) is 0 Å². The molecular weight excluding hydrogens is 893 g/mol. The molecule has 0 spiro atoms. The molecule has 3 aliphatic heterocycles. The van der Waals surface area contributed by atoms with Gasteiger partial charge in [0, 0.05) is 17.4 Å². The number of hydrogen-bond donors (Lipinski definition) is 13. The van der Waals surface area contributed by atoms with Gasteiger partial charge in [-0.25, -0.2) is 0 Å². The molecule has 0 aromatic carbocycles. The van der Waals surface area contributed by atoms with Crippen LogP contribution in [0.1, 0.15) is 113 Å². The van der Waals surface area contributed by atoms with Gasteiger partial charge in [0.2, 0.25) is 0 Å². The molecule has 394 valence electrons. The Morgan fingerprint density at radius 2 is 1.26 bits per heavy atom. The van der Waals surface area contributed by atoms with E-state index in [1.54, 1.807) is 13.8 Å². The number of aliphatic hydroxyl groups is 13. The first-order valence-electron chi connectivity index (χ1n) is 25.0. The predicted octanol–water partition coefficient (Wildman–Crippen LogP) is -0.666. The molecule has 13 N–H and O–H groups in total. The lowest BCUT2D eigenvalue weighted by molar-refractivity contribution is -0.341. The van der Waals surface area contributed by atoms with Gasteiger partial charge in [-0.2, -0.15) is 0 Å². The predicted molar refractivity (Wildman–Crippen MR) is 240 cm³/mol.